The molecule has 0 radical (unpaired) electrons. The summed E-state index contributed by atoms with van der Waals surface area (Å²) >= 11 is 12.5. The molecule has 0 aromatic carbocycles. The molecule has 3 rings (SSSR count). The molecule has 0 amide bonds. The minimum atomic E-state index is -4.59. The third-order valence-corrected chi connectivity index (χ3v) is 6.68. The molecule has 0 unspecified atom stereocenters. The molecule has 2 N–H and O–H groups in total. The second kappa shape index (κ2) is 9.11. The molecule has 2 aromatic rings. The number of hydrogen-bond donors (Lipinski definition) is 2. The monoisotopic (exact) mass is 480 g/mol. The fraction of sp³-hybridized carbons (Fsp3) is 0.500. The maximum Gasteiger partial charge on any atom is 0.436 e. The Hall–Kier alpha value is -1.85. The highest BCUT2D eigenvalue weighted by atomic mass is 35.5. The van der Waals surface area contributed by atoms with Crippen LogP contribution in [0.4, 0.5) is 18.2 Å². The summed E-state index contributed by atoms with van der Waals surface area (Å²) in [4.78, 5) is 13.3. The van der Waals surface area contributed by atoms with E-state index in [4.69, 9.17) is 28.6 Å². The van der Waals surface area contributed by atoms with Crippen LogP contribution in [0.1, 0.15) is 45.0 Å². The van der Waals surface area contributed by atoms with Crippen molar-refractivity contribution in [2.75, 3.05) is 19.0 Å². The highest BCUT2D eigenvalue weighted by Gasteiger charge is 2.38. The summed E-state index contributed by atoms with van der Waals surface area (Å²) in [5, 5.41) is 10.2. The van der Waals surface area contributed by atoms with Crippen LogP contribution >= 0.6 is 35.2 Å². The van der Waals surface area contributed by atoms with E-state index in [1.54, 1.807) is 0 Å². The lowest BCUT2D eigenvalue weighted by atomic mass is 10.1. The third kappa shape index (κ3) is 4.73. The quantitative estimate of drug-likeness (QED) is 0.358. The molecular weight excluding hydrogens is 461 g/mol. The maximum atomic E-state index is 12.9. The van der Waals surface area contributed by atoms with Crippen LogP contribution in [0, 0.1) is 6.92 Å². The molecule has 164 valence electrons. The maximum absolute atomic E-state index is 12.9. The van der Waals surface area contributed by atoms with Gasteiger partial charge in [0.1, 0.15) is 5.00 Å². The summed E-state index contributed by atoms with van der Waals surface area (Å²) in [6.45, 7) is 2.15. The standard InChI is InChI=1S/C18H20ClF3N4O2S2/c1-9-13(19)14(18(20,21)22)25-26(9)8-4-7-23-17(29)24-15-12(16(27)28-2)10-5-3-6-11(10)30-15/h3-8H2,1-2H3,(H2,23,24,29). The van der Waals surface area contributed by atoms with Gasteiger partial charge in [-0.3, -0.25) is 4.68 Å². The number of anilines is 1. The van der Waals surface area contributed by atoms with Crippen molar-refractivity contribution in [2.45, 2.75) is 45.3 Å². The number of aromatic nitrogens is 2. The molecule has 12 heteroatoms. The smallest absolute Gasteiger partial charge is 0.436 e. The number of nitrogens with zero attached hydrogens (tertiary/aromatic N) is 2. The van der Waals surface area contributed by atoms with Crippen molar-refractivity contribution >= 4 is 51.2 Å². The summed E-state index contributed by atoms with van der Waals surface area (Å²) in [7, 11) is 1.34. The number of carbonyl (C=O) groups excluding carboxylic acids is 1. The highest BCUT2D eigenvalue weighted by molar-refractivity contribution is 7.80. The average molecular weight is 481 g/mol. The van der Waals surface area contributed by atoms with Crippen molar-refractivity contribution in [2.24, 2.45) is 0 Å². The Morgan fingerprint density at radius 2 is 2.13 bits per heavy atom. The fourth-order valence-corrected chi connectivity index (χ4v) is 5.10. The van der Waals surface area contributed by atoms with Gasteiger partial charge in [0, 0.05) is 18.0 Å². The van der Waals surface area contributed by atoms with Crippen LogP contribution in [0.25, 0.3) is 0 Å². The van der Waals surface area contributed by atoms with E-state index in [2.05, 4.69) is 15.7 Å². The van der Waals surface area contributed by atoms with E-state index in [1.807, 2.05) is 0 Å². The van der Waals surface area contributed by atoms with Crippen LogP contribution < -0.4 is 10.6 Å². The van der Waals surface area contributed by atoms with Crippen molar-refractivity contribution in [3.63, 3.8) is 0 Å². The first kappa shape index (κ1) is 22.8. The van der Waals surface area contributed by atoms with E-state index in [1.165, 1.54) is 30.1 Å². The Morgan fingerprint density at radius 3 is 2.77 bits per heavy atom. The normalized spacial score (nSPS) is 13.3. The first-order valence-electron chi connectivity index (χ1n) is 9.21. The largest absolute Gasteiger partial charge is 0.465 e. The summed E-state index contributed by atoms with van der Waals surface area (Å²) < 4.78 is 44.8. The van der Waals surface area contributed by atoms with Crippen molar-refractivity contribution < 1.29 is 22.7 Å². The Balaban J connectivity index is 1.55. The molecular formula is C18H20ClF3N4O2S2. The average Bonchev–Trinajstić information content (AvgIpc) is 3.33. The van der Waals surface area contributed by atoms with Crippen LogP contribution in [0.5, 0.6) is 0 Å². The van der Waals surface area contributed by atoms with Crippen LogP contribution in [0.2, 0.25) is 5.02 Å². The third-order valence-electron chi connectivity index (χ3n) is 4.77. The molecule has 0 atom stereocenters. The van der Waals surface area contributed by atoms with Gasteiger partial charge in [-0.1, -0.05) is 11.6 Å². The molecule has 0 spiro atoms. The Morgan fingerprint density at radius 1 is 1.40 bits per heavy atom. The lowest BCUT2D eigenvalue weighted by Gasteiger charge is -2.11. The summed E-state index contributed by atoms with van der Waals surface area (Å²) in [5.41, 5.74) is 0.734. The topological polar surface area (TPSA) is 68.2 Å². The van der Waals surface area contributed by atoms with Crippen LogP contribution in [0.3, 0.4) is 0 Å². The lowest BCUT2D eigenvalue weighted by molar-refractivity contribution is -0.141. The number of thiocarbonyl (C=S) groups is 1. The Bertz CT molecular complexity index is 972. The number of alkyl halides is 3. The van der Waals surface area contributed by atoms with Crippen molar-refractivity contribution in [1.82, 2.24) is 15.1 Å². The number of rotatable bonds is 6. The molecule has 0 fully saturated rings. The number of esters is 1. The van der Waals surface area contributed by atoms with Crippen molar-refractivity contribution in [3.8, 4) is 0 Å². The zero-order valence-electron chi connectivity index (χ0n) is 16.3. The number of carbonyl (C=O) groups is 1. The van der Waals surface area contributed by atoms with Crippen LogP contribution in [0.15, 0.2) is 0 Å². The molecule has 1 aliphatic carbocycles. The Labute approximate surface area is 185 Å². The Kier molecular flexibility index (Phi) is 6.93. The van der Waals surface area contributed by atoms with Gasteiger partial charge in [-0.25, -0.2) is 4.79 Å². The number of nitrogens with one attached hydrogen (secondary N) is 2. The molecule has 2 heterocycles. The van der Waals surface area contributed by atoms with E-state index in [9.17, 15) is 18.0 Å². The zero-order chi connectivity index (χ0) is 22.1. The zero-order valence-corrected chi connectivity index (χ0v) is 18.7. The molecule has 0 saturated carbocycles. The van der Waals surface area contributed by atoms with Gasteiger partial charge in [0.2, 0.25) is 0 Å². The number of thiophene rings is 1. The SMILES string of the molecule is COC(=O)c1c(NC(=S)NCCCn2nc(C(F)(F)F)c(Cl)c2C)sc2c1CCC2. The van der Waals surface area contributed by atoms with Crippen LogP contribution in [-0.4, -0.2) is 34.5 Å². The number of aryl methyl sites for hydroxylation is 2. The van der Waals surface area contributed by atoms with Gasteiger partial charge < -0.3 is 15.4 Å². The number of methoxy groups -OCH3 is 1. The number of ether oxygens (including phenoxy) is 1. The predicted molar refractivity (Wildman–Crippen MR) is 113 cm³/mol. The summed E-state index contributed by atoms with van der Waals surface area (Å²) in [6, 6.07) is 0. The molecule has 30 heavy (non-hydrogen) atoms. The number of fused-ring (bicyclic) bond motifs is 1. The summed E-state index contributed by atoms with van der Waals surface area (Å²) in [6.07, 6.45) is -1.33. The van der Waals surface area contributed by atoms with Gasteiger partial charge in [0.25, 0.3) is 0 Å². The van der Waals surface area contributed by atoms with E-state index < -0.39 is 17.8 Å². The van der Waals surface area contributed by atoms with Gasteiger partial charge >= 0.3 is 12.1 Å². The molecule has 0 saturated heterocycles. The number of hydrogen-bond acceptors (Lipinski definition) is 5. The van der Waals surface area contributed by atoms with Gasteiger partial charge in [-0.05, 0) is 50.4 Å². The lowest BCUT2D eigenvalue weighted by Crippen LogP contribution is -2.30. The fourth-order valence-electron chi connectivity index (χ4n) is 3.31. The van der Waals surface area contributed by atoms with Crippen LogP contribution in [-0.2, 0) is 30.3 Å². The van der Waals surface area contributed by atoms with E-state index in [0.29, 0.717) is 28.6 Å². The molecule has 1 aliphatic rings. The minimum Gasteiger partial charge on any atom is -0.465 e. The van der Waals surface area contributed by atoms with Gasteiger partial charge in [0.05, 0.1) is 23.4 Å². The molecule has 0 aliphatic heterocycles. The van der Waals surface area contributed by atoms with Crippen molar-refractivity contribution in [3.05, 3.63) is 32.4 Å². The predicted octanol–water partition coefficient (Wildman–Crippen LogP) is 4.58. The van der Waals surface area contributed by atoms with Crippen molar-refractivity contribution in [1.29, 1.82) is 0 Å². The number of halogens is 4. The first-order chi connectivity index (χ1) is 14.1. The molecule has 0 bridgehead atoms. The molecule has 2 aromatic heterocycles. The second-order valence-electron chi connectivity index (χ2n) is 6.76. The van der Waals surface area contributed by atoms with Gasteiger partial charge in [-0.2, -0.15) is 18.3 Å². The minimum absolute atomic E-state index is 0.248. The van der Waals surface area contributed by atoms with Gasteiger partial charge in [0.15, 0.2) is 10.8 Å². The first-order valence-corrected chi connectivity index (χ1v) is 10.8. The van der Waals surface area contributed by atoms with E-state index in [-0.39, 0.29) is 17.3 Å². The second-order valence-corrected chi connectivity index (χ2v) is 8.65. The van der Waals surface area contributed by atoms with E-state index >= 15 is 0 Å². The van der Waals surface area contributed by atoms with E-state index in [0.717, 1.165) is 29.7 Å². The summed E-state index contributed by atoms with van der Waals surface area (Å²) in [5.74, 6) is -0.397. The highest BCUT2D eigenvalue weighted by Crippen LogP contribution is 2.39. The molecule has 6 nitrogen and oxygen atoms in total. The van der Waals surface area contributed by atoms with Gasteiger partial charge in [-0.15, -0.1) is 11.3 Å².